The predicted octanol–water partition coefficient (Wildman–Crippen LogP) is 3.73. The van der Waals surface area contributed by atoms with Gasteiger partial charge >= 0.3 is 6.18 Å². The minimum absolute atomic E-state index is 0.0710. The van der Waals surface area contributed by atoms with Crippen molar-refractivity contribution in [1.29, 1.82) is 0 Å². The summed E-state index contributed by atoms with van der Waals surface area (Å²) in [5.74, 6) is -1.72. The highest BCUT2D eigenvalue weighted by Crippen LogP contribution is 2.34. The Morgan fingerprint density at radius 2 is 2.11 bits per heavy atom. The second-order valence-electron chi connectivity index (χ2n) is 6.11. The van der Waals surface area contributed by atoms with Gasteiger partial charge in [0.1, 0.15) is 11.5 Å². The molecule has 0 aliphatic carbocycles. The van der Waals surface area contributed by atoms with E-state index in [0.717, 1.165) is 13.0 Å². The minimum atomic E-state index is -4.71. The summed E-state index contributed by atoms with van der Waals surface area (Å²) in [5, 5.41) is 5.76. The second kappa shape index (κ2) is 8.01. The second-order valence-corrected chi connectivity index (χ2v) is 6.11. The van der Waals surface area contributed by atoms with Gasteiger partial charge in [0.15, 0.2) is 5.82 Å². The summed E-state index contributed by atoms with van der Waals surface area (Å²) in [6, 6.07) is 4.25. The van der Waals surface area contributed by atoms with Crippen molar-refractivity contribution in [2.75, 3.05) is 19.0 Å². The molecule has 1 aromatic heterocycles. The molecule has 1 aliphatic rings. The van der Waals surface area contributed by atoms with E-state index in [2.05, 4.69) is 15.6 Å². The van der Waals surface area contributed by atoms with E-state index in [1.165, 1.54) is 25.3 Å². The van der Waals surface area contributed by atoms with E-state index in [4.69, 9.17) is 9.47 Å². The van der Waals surface area contributed by atoms with Gasteiger partial charge in [-0.25, -0.2) is 9.37 Å². The van der Waals surface area contributed by atoms with Crippen LogP contribution in [-0.2, 0) is 11.0 Å². The summed E-state index contributed by atoms with van der Waals surface area (Å²) >= 11 is 0. The quantitative estimate of drug-likeness (QED) is 0.750. The molecule has 3 rings (SSSR count). The fourth-order valence-electron chi connectivity index (χ4n) is 2.74. The number of amides is 1. The van der Waals surface area contributed by atoms with Crippen LogP contribution in [0.5, 0.6) is 17.4 Å². The van der Waals surface area contributed by atoms with Crippen LogP contribution in [0.2, 0.25) is 0 Å². The zero-order valence-electron chi connectivity index (χ0n) is 14.8. The van der Waals surface area contributed by atoms with Crippen LogP contribution in [0, 0.1) is 5.82 Å². The number of ether oxygens (including phenoxy) is 2. The third-order valence-electron chi connectivity index (χ3n) is 4.15. The normalized spacial score (nSPS) is 16.7. The number of benzene rings is 1. The van der Waals surface area contributed by atoms with Crippen molar-refractivity contribution in [1.82, 2.24) is 10.3 Å². The Labute approximate surface area is 157 Å². The average molecular weight is 399 g/mol. The molecule has 28 heavy (non-hydrogen) atoms. The first-order valence-corrected chi connectivity index (χ1v) is 8.41. The van der Waals surface area contributed by atoms with Crippen molar-refractivity contribution < 1.29 is 31.8 Å². The molecule has 0 radical (unpaired) electrons. The van der Waals surface area contributed by atoms with Gasteiger partial charge in [0.05, 0.1) is 24.4 Å². The van der Waals surface area contributed by atoms with E-state index < -0.39 is 23.4 Å². The van der Waals surface area contributed by atoms with E-state index in [1.54, 1.807) is 0 Å². The Morgan fingerprint density at radius 1 is 1.32 bits per heavy atom. The lowest BCUT2D eigenvalue weighted by atomic mass is 10.2. The lowest BCUT2D eigenvalue weighted by molar-refractivity contribution is -0.138. The Balaban J connectivity index is 1.80. The van der Waals surface area contributed by atoms with E-state index in [-0.39, 0.29) is 23.4 Å². The van der Waals surface area contributed by atoms with Gasteiger partial charge in [0.2, 0.25) is 5.91 Å². The predicted molar refractivity (Wildman–Crippen MR) is 91.9 cm³/mol. The first-order valence-electron chi connectivity index (χ1n) is 8.41. The molecule has 0 spiro atoms. The molecule has 150 valence electrons. The molecular formula is C18H17F4N3O3. The summed E-state index contributed by atoms with van der Waals surface area (Å²) in [6.45, 7) is 0.747. The van der Waals surface area contributed by atoms with Crippen molar-refractivity contribution in [2.45, 2.75) is 25.1 Å². The van der Waals surface area contributed by atoms with Crippen molar-refractivity contribution in [3.63, 3.8) is 0 Å². The minimum Gasteiger partial charge on any atom is -0.495 e. The van der Waals surface area contributed by atoms with E-state index in [0.29, 0.717) is 24.4 Å². The van der Waals surface area contributed by atoms with Crippen molar-refractivity contribution in [2.24, 2.45) is 0 Å². The lowest BCUT2D eigenvalue weighted by Gasteiger charge is -2.15. The Kier molecular flexibility index (Phi) is 5.68. The van der Waals surface area contributed by atoms with Gasteiger partial charge in [-0.05, 0) is 37.6 Å². The first kappa shape index (κ1) is 19.9. The average Bonchev–Trinajstić information content (AvgIpc) is 3.18. The Bertz CT molecular complexity index is 868. The van der Waals surface area contributed by atoms with Crippen molar-refractivity contribution >= 4 is 11.6 Å². The van der Waals surface area contributed by atoms with Gasteiger partial charge in [-0.1, -0.05) is 0 Å². The first-order chi connectivity index (χ1) is 13.3. The van der Waals surface area contributed by atoms with Crippen molar-refractivity contribution in [3.05, 3.63) is 41.8 Å². The van der Waals surface area contributed by atoms with E-state index in [1.807, 2.05) is 0 Å². The maximum Gasteiger partial charge on any atom is 0.417 e. The number of anilines is 1. The maximum absolute atomic E-state index is 13.9. The molecule has 1 atom stereocenters. The maximum atomic E-state index is 13.9. The number of alkyl halides is 3. The van der Waals surface area contributed by atoms with Gasteiger partial charge in [-0.2, -0.15) is 13.2 Å². The molecule has 6 nitrogen and oxygen atoms in total. The molecule has 0 saturated carbocycles. The number of nitrogens with zero attached hydrogens (tertiary/aromatic N) is 1. The SMILES string of the molecule is COc1ccc(Oc2ncc(C(F)(F)F)cc2F)cc1NC(=O)C1CCCN1. The highest BCUT2D eigenvalue weighted by Gasteiger charge is 2.32. The van der Waals surface area contributed by atoms with Gasteiger partial charge in [0, 0.05) is 12.3 Å². The summed E-state index contributed by atoms with van der Waals surface area (Å²) < 4.78 is 62.2. The Hall–Kier alpha value is -2.88. The highest BCUT2D eigenvalue weighted by atomic mass is 19.4. The van der Waals surface area contributed by atoms with Gasteiger partial charge in [-0.15, -0.1) is 0 Å². The molecule has 1 amide bonds. The van der Waals surface area contributed by atoms with Crippen LogP contribution in [0.1, 0.15) is 18.4 Å². The zero-order valence-corrected chi connectivity index (χ0v) is 14.8. The molecule has 2 N–H and O–H groups in total. The smallest absolute Gasteiger partial charge is 0.417 e. The van der Waals surface area contributed by atoms with Crippen LogP contribution in [0.4, 0.5) is 23.2 Å². The molecule has 1 saturated heterocycles. The summed E-state index contributed by atoms with van der Waals surface area (Å²) in [5.41, 5.74) is -0.935. The van der Waals surface area contributed by atoms with Crippen LogP contribution < -0.4 is 20.1 Å². The molecule has 2 heterocycles. The number of halogens is 4. The third kappa shape index (κ3) is 4.50. The molecule has 1 unspecified atom stereocenters. The van der Waals surface area contributed by atoms with E-state index >= 15 is 0 Å². The Morgan fingerprint density at radius 3 is 2.71 bits per heavy atom. The largest absolute Gasteiger partial charge is 0.495 e. The molecule has 1 fully saturated rings. The number of aromatic nitrogens is 1. The fraction of sp³-hybridized carbons (Fsp3) is 0.333. The van der Waals surface area contributed by atoms with Crippen molar-refractivity contribution in [3.8, 4) is 17.4 Å². The highest BCUT2D eigenvalue weighted by molar-refractivity contribution is 5.96. The number of hydrogen-bond donors (Lipinski definition) is 2. The number of nitrogens with one attached hydrogen (secondary N) is 2. The number of carbonyl (C=O) groups excluding carboxylic acids is 1. The zero-order chi connectivity index (χ0) is 20.3. The van der Waals surface area contributed by atoms with Crippen LogP contribution in [-0.4, -0.2) is 30.6 Å². The number of pyridine rings is 1. The number of methoxy groups -OCH3 is 1. The van der Waals surface area contributed by atoms with Crippen LogP contribution >= 0.6 is 0 Å². The van der Waals surface area contributed by atoms with Gasteiger partial charge in [-0.3, -0.25) is 4.79 Å². The molecule has 2 aromatic rings. The van der Waals surface area contributed by atoms with Crippen LogP contribution in [0.25, 0.3) is 0 Å². The topological polar surface area (TPSA) is 72.5 Å². The summed E-state index contributed by atoms with van der Waals surface area (Å²) in [6.07, 6.45) is -2.64. The summed E-state index contributed by atoms with van der Waals surface area (Å²) in [7, 11) is 1.41. The molecule has 10 heteroatoms. The molecular weight excluding hydrogens is 382 g/mol. The molecule has 1 aromatic carbocycles. The van der Waals surface area contributed by atoms with E-state index in [9.17, 15) is 22.4 Å². The number of carbonyl (C=O) groups is 1. The van der Waals surface area contributed by atoms with Crippen LogP contribution in [0.15, 0.2) is 30.5 Å². The fourth-order valence-corrected chi connectivity index (χ4v) is 2.74. The molecule has 0 bridgehead atoms. The third-order valence-corrected chi connectivity index (χ3v) is 4.15. The van der Waals surface area contributed by atoms with Crippen LogP contribution in [0.3, 0.4) is 0 Å². The monoisotopic (exact) mass is 399 g/mol. The summed E-state index contributed by atoms with van der Waals surface area (Å²) in [4.78, 5) is 15.7. The molecule has 1 aliphatic heterocycles. The standard InChI is InChI=1S/C18H17F4N3O3/c1-27-15-5-4-11(8-14(15)25-16(26)13-3-2-6-23-13)28-17-12(19)7-10(9-24-17)18(20,21)22/h4-5,7-9,13,23H,2-3,6H2,1H3,(H,25,26). The lowest BCUT2D eigenvalue weighted by Crippen LogP contribution is -2.35. The number of rotatable bonds is 5. The van der Waals surface area contributed by atoms with Gasteiger partial charge in [0.25, 0.3) is 5.88 Å². The van der Waals surface area contributed by atoms with Gasteiger partial charge < -0.3 is 20.1 Å². The number of hydrogen-bond acceptors (Lipinski definition) is 5.